The van der Waals surface area contributed by atoms with Crippen LogP contribution in [0.2, 0.25) is 0 Å². The second-order valence-corrected chi connectivity index (χ2v) is 6.29. The number of nitrogens with zero attached hydrogens (tertiary/aromatic N) is 1. The average Bonchev–Trinajstić information content (AvgIpc) is 1.60. The van der Waals surface area contributed by atoms with E-state index in [-0.39, 0.29) is 0 Å². The number of halogens is 2. The number of hydrogen-bond acceptors (Lipinski definition) is 0. The molecule has 62 valence electrons. The summed E-state index contributed by atoms with van der Waals surface area (Å²) in [6.07, 6.45) is 0. The van der Waals surface area contributed by atoms with Gasteiger partial charge in [-0.3, -0.25) is 0 Å². The zero-order chi connectivity index (χ0) is 8.36. The minimum Gasteiger partial charge on any atom is -0.330 e. The summed E-state index contributed by atoms with van der Waals surface area (Å²) in [6, 6.07) is 0. The molecule has 0 saturated carbocycles. The SMILES string of the molecule is C[C@@H](Br)[C@@H](Br)C[N+](C)(C)C. The highest BCUT2D eigenvalue weighted by atomic mass is 79.9. The van der Waals surface area contributed by atoms with Crippen molar-refractivity contribution in [2.45, 2.75) is 16.6 Å². The Morgan fingerprint density at radius 3 is 1.70 bits per heavy atom. The summed E-state index contributed by atoms with van der Waals surface area (Å²) >= 11 is 7.15. The molecule has 1 nitrogen and oxygen atoms in total. The van der Waals surface area contributed by atoms with Crippen molar-refractivity contribution in [1.29, 1.82) is 0 Å². The minimum absolute atomic E-state index is 0.546. The molecule has 0 saturated heterocycles. The van der Waals surface area contributed by atoms with Crippen LogP contribution in [0.25, 0.3) is 0 Å². The third kappa shape index (κ3) is 5.69. The van der Waals surface area contributed by atoms with Crippen LogP contribution in [0.4, 0.5) is 0 Å². The Morgan fingerprint density at radius 2 is 1.60 bits per heavy atom. The molecule has 0 heterocycles. The van der Waals surface area contributed by atoms with E-state index in [4.69, 9.17) is 0 Å². The molecule has 0 amide bonds. The molecule has 0 radical (unpaired) electrons. The van der Waals surface area contributed by atoms with E-state index >= 15 is 0 Å². The monoisotopic (exact) mass is 272 g/mol. The Hall–Kier alpha value is 0.920. The van der Waals surface area contributed by atoms with Crippen molar-refractivity contribution in [1.82, 2.24) is 0 Å². The van der Waals surface area contributed by atoms with E-state index in [0.717, 1.165) is 11.0 Å². The Morgan fingerprint density at radius 1 is 1.20 bits per heavy atom. The van der Waals surface area contributed by atoms with E-state index in [1.54, 1.807) is 0 Å². The van der Waals surface area contributed by atoms with Gasteiger partial charge in [0.15, 0.2) is 0 Å². The summed E-state index contributed by atoms with van der Waals surface area (Å²) in [6.45, 7) is 3.31. The van der Waals surface area contributed by atoms with Gasteiger partial charge < -0.3 is 4.48 Å². The molecule has 2 atom stereocenters. The van der Waals surface area contributed by atoms with Gasteiger partial charge in [0.2, 0.25) is 0 Å². The minimum atomic E-state index is 0.546. The van der Waals surface area contributed by atoms with Gasteiger partial charge >= 0.3 is 0 Å². The van der Waals surface area contributed by atoms with Gasteiger partial charge in [0.1, 0.15) is 0 Å². The fourth-order valence-electron chi connectivity index (χ4n) is 0.668. The fraction of sp³-hybridized carbons (Fsp3) is 1.00. The molecular formula is C7H16Br2N+. The molecule has 0 fully saturated rings. The summed E-state index contributed by atoms with van der Waals surface area (Å²) in [5, 5.41) is 0. The molecule has 0 aromatic carbocycles. The first-order valence-corrected chi connectivity index (χ1v) is 5.24. The maximum absolute atomic E-state index is 3.62. The van der Waals surface area contributed by atoms with Crippen LogP contribution in [0, 0.1) is 0 Å². The molecule has 10 heavy (non-hydrogen) atoms. The molecule has 0 aliphatic rings. The summed E-state index contributed by atoms with van der Waals surface area (Å²) in [4.78, 5) is 1.11. The molecule has 0 unspecified atom stereocenters. The summed E-state index contributed by atoms with van der Waals surface area (Å²) < 4.78 is 1.01. The first-order chi connectivity index (χ1) is 4.33. The van der Waals surface area contributed by atoms with Crippen LogP contribution in [0.3, 0.4) is 0 Å². The molecule has 0 aliphatic carbocycles. The topological polar surface area (TPSA) is 0 Å². The van der Waals surface area contributed by atoms with Crippen molar-refractivity contribution in [3.8, 4) is 0 Å². The highest BCUT2D eigenvalue weighted by molar-refractivity contribution is 9.12. The van der Waals surface area contributed by atoms with Gasteiger partial charge in [-0.1, -0.05) is 38.8 Å². The maximum atomic E-state index is 3.62. The third-order valence-corrected chi connectivity index (χ3v) is 3.65. The van der Waals surface area contributed by atoms with Gasteiger partial charge in [-0.25, -0.2) is 0 Å². The van der Waals surface area contributed by atoms with Crippen LogP contribution in [0.5, 0.6) is 0 Å². The summed E-state index contributed by atoms with van der Waals surface area (Å²) in [5.74, 6) is 0. The Balaban J connectivity index is 3.68. The van der Waals surface area contributed by atoms with Gasteiger partial charge in [0, 0.05) is 4.83 Å². The summed E-state index contributed by atoms with van der Waals surface area (Å²) in [5.41, 5.74) is 0. The van der Waals surface area contributed by atoms with Gasteiger partial charge in [-0.05, 0) is 0 Å². The van der Waals surface area contributed by atoms with E-state index in [0.29, 0.717) is 9.65 Å². The zero-order valence-electron chi connectivity index (χ0n) is 7.06. The molecule has 0 aromatic rings. The molecule has 0 aliphatic heterocycles. The van der Waals surface area contributed by atoms with Crippen molar-refractivity contribution >= 4 is 31.9 Å². The van der Waals surface area contributed by atoms with Crippen molar-refractivity contribution in [2.75, 3.05) is 27.7 Å². The number of hydrogen-bond donors (Lipinski definition) is 0. The molecule has 0 rings (SSSR count). The first-order valence-electron chi connectivity index (χ1n) is 3.41. The Bertz CT molecular complexity index is 96.3. The third-order valence-electron chi connectivity index (χ3n) is 1.22. The number of alkyl halides is 2. The van der Waals surface area contributed by atoms with Gasteiger partial charge in [-0.2, -0.15) is 0 Å². The van der Waals surface area contributed by atoms with Crippen molar-refractivity contribution in [3.63, 3.8) is 0 Å². The standard InChI is InChI=1S/C7H16Br2N/c1-6(8)7(9)5-10(2,3)4/h6-7H,5H2,1-4H3/q+1/t6-,7+/m1/s1. The highest BCUT2D eigenvalue weighted by Crippen LogP contribution is 2.15. The van der Waals surface area contributed by atoms with Gasteiger partial charge in [0.25, 0.3) is 0 Å². The number of quaternary nitrogens is 1. The predicted octanol–water partition coefficient (Wildman–Crippen LogP) is 2.24. The quantitative estimate of drug-likeness (QED) is 0.547. The fourth-order valence-corrected chi connectivity index (χ4v) is 1.70. The van der Waals surface area contributed by atoms with Crippen LogP contribution >= 0.6 is 31.9 Å². The van der Waals surface area contributed by atoms with Crippen LogP contribution in [0.15, 0.2) is 0 Å². The molecule has 0 N–H and O–H groups in total. The molecule has 3 heteroatoms. The molecule has 0 bridgehead atoms. The van der Waals surface area contributed by atoms with E-state index in [1.807, 2.05) is 0 Å². The van der Waals surface area contributed by atoms with Crippen LogP contribution in [0.1, 0.15) is 6.92 Å². The van der Waals surface area contributed by atoms with E-state index in [2.05, 4.69) is 59.9 Å². The lowest BCUT2D eigenvalue weighted by Gasteiger charge is -2.27. The van der Waals surface area contributed by atoms with E-state index < -0.39 is 0 Å². The lowest BCUT2D eigenvalue weighted by Crippen LogP contribution is -2.41. The van der Waals surface area contributed by atoms with Crippen molar-refractivity contribution in [2.24, 2.45) is 0 Å². The van der Waals surface area contributed by atoms with Crippen molar-refractivity contribution in [3.05, 3.63) is 0 Å². The lowest BCUT2D eigenvalue weighted by molar-refractivity contribution is -0.869. The van der Waals surface area contributed by atoms with Crippen molar-refractivity contribution < 1.29 is 4.48 Å². The zero-order valence-corrected chi connectivity index (χ0v) is 10.2. The molecule has 0 spiro atoms. The van der Waals surface area contributed by atoms with Crippen LogP contribution in [-0.2, 0) is 0 Å². The average molecular weight is 274 g/mol. The Kier molecular flexibility index (Phi) is 4.45. The second kappa shape index (κ2) is 4.07. The second-order valence-electron chi connectivity index (χ2n) is 3.67. The number of rotatable bonds is 3. The first kappa shape index (κ1) is 10.9. The van der Waals surface area contributed by atoms with Gasteiger partial charge in [0.05, 0.1) is 32.5 Å². The normalized spacial score (nSPS) is 18.6. The van der Waals surface area contributed by atoms with Gasteiger partial charge in [-0.15, -0.1) is 0 Å². The summed E-state index contributed by atoms with van der Waals surface area (Å²) in [7, 11) is 6.59. The highest BCUT2D eigenvalue weighted by Gasteiger charge is 2.18. The van der Waals surface area contributed by atoms with Crippen LogP contribution in [-0.4, -0.2) is 41.8 Å². The Labute approximate surface area is 80.6 Å². The maximum Gasteiger partial charge on any atom is 0.0918 e. The lowest BCUT2D eigenvalue weighted by atomic mass is 10.3. The smallest absolute Gasteiger partial charge is 0.0918 e. The van der Waals surface area contributed by atoms with E-state index in [9.17, 15) is 0 Å². The largest absolute Gasteiger partial charge is 0.330 e. The molecular weight excluding hydrogens is 258 g/mol. The predicted molar refractivity (Wildman–Crippen MR) is 54.0 cm³/mol. The van der Waals surface area contributed by atoms with E-state index in [1.165, 1.54) is 0 Å². The van der Waals surface area contributed by atoms with Crippen LogP contribution < -0.4 is 0 Å². The molecule has 0 aromatic heterocycles.